The summed E-state index contributed by atoms with van der Waals surface area (Å²) in [6, 6.07) is 1.35. The summed E-state index contributed by atoms with van der Waals surface area (Å²) in [5.74, 6) is 0.397. The van der Waals surface area contributed by atoms with Crippen molar-refractivity contribution in [2.24, 2.45) is 5.92 Å². The Kier molecular flexibility index (Phi) is 2.47. The van der Waals surface area contributed by atoms with Gasteiger partial charge in [-0.25, -0.2) is 4.79 Å². The number of aromatic amines is 1. The fourth-order valence-corrected chi connectivity index (χ4v) is 0.981. The third-order valence-corrected chi connectivity index (χ3v) is 1.46. The van der Waals surface area contributed by atoms with Crippen LogP contribution in [0.5, 0.6) is 0 Å². The smallest absolute Gasteiger partial charge is 0.300 e. The molecule has 1 aromatic heterocycles. The second-order valence-electron chi connectivity index (χ2n) is 3.16. The molecule has 1 heterocycles. The number of H-pyrrole nitrogens is 1. The highest BCUT2D eigenvalue weighted by Crippen LogP contribution is 1.93. The maximum absolute atomic E-state index is 11.1. The van der Waals surface area contributed by atoms with Gasteiger partial charge in [0.15, 0.2) is 0 Å². The lowest BCUT2D eigenvalue weighted by Gasteiger charge is -2.06. The summed E-state index contributed by atoms with van der Waals surface area (Å²) in [6.07, 6.45) is 1.52. The van der Waals surface area contributed by atoms with E-state index in [0.717, 1.165) is 0 Å². The number of nitrogens with zero attached hydrogens (tertiary/aromatic N) is 1. The Morgan fingerprint density at radius 1 is 1.50 bits per heavy atom. The van der Waals surface area contributed by atoms with Crippen molar-refractivity contribution in [2.75, 3.05) is 0 Å². The van der Waals surface area contributed by atoms with Gasteiger partial charge in [-0.15, -0.1) is 0 Å². The maximum Gasteiger partial charge on any atom is 0.328 e. The Balaban J connectivity index is 3.02. The van der Waals surface area contributed by atoms with E-state index in [4.69, 9.17) is 0 Å². The zero-order valence-corrected chi connectivity index (χ0v) is 7.20. The molecule has 0 aliphatic rings. The first-order valence-electron chi connectivity index (χ1n) is 3.89. The van der Waals surface area contributed by atoms with Gasteiger partial charge in [0.2, 0.25) is 0 Å². The molecule has 0 amide bonds. The Bertz CT molecular complexity index is 362. The van der Waals surface area contributed by atoms with Gasteiger partial charge in [0.1, 0.15) is 0 Å². The van der Waals surface area contributed by atoms with Gasteiger partial charge < -0.3 is 4.57 Å². The second-order valence-corrected chi connectivity index (χ2v) is 3.16. The minimum Gasteiger partial charge on any atom is -0.300 e. The van der Waals surface area contributed by atoms with E-state index in [1.54, 1.807) is 0 Å². The number of aromatic nitrogens is 2. The molecule has 0 unspecified atom stereocenters. The van der Waals surface area contributed by atoms with Crippen molar-refractivity contribution in [3.05, 3.63) is 33.1 Å². The summed E-state index contributed by atoms with van der Waals surface area (Å²) in [5.41, 5.74) is -0.684. The molecule has 0 aliphatic carbocycles. The molecule has 66 valence electrons. The van der Waals surface area contributed by atoms with Crippen molar-refractivity contribution < 1.29 is 0 Å². The van der Waals surface area contributed by atoms with E-state index in [1.807, 2.05) is 13.8 Å². The Hall–Kier alpha value is -1.32. The Morgan fingerprint density at radius 2 is 2.17 bits per heavy atom. The van der Waals surface area contributed by atoms with Crippen LogP contribution in [0.3, 0.4) is 0 Å². The van der Waals surface area contributed by atoms with Crippen LogP contribution in [0.25, 0.3) is 0 Å². The molecule has 1 aromatic rings. The zero-order chi connectivity index (χ0) is 9.14. The van der Waals surface area contributed by atoms with Crippen molar-refractivity contribution in [3.8, 4) is 0 Å². The van der Waals surface area contributed by atoms with E-state index in [1.165, 1.54) is 16.8 Å². The van der Waals surface area contributed by atoms with Crippen LogP contribution in [0.2, 0.25) is 0 Å². The minimum atomic E-state index is -0.347. The van der Waals surface area contributed by atoms with E-state index < -0.39 is 0 Å². The summed E-state index contributed by atoms with van der Waals surface area (Å²) in [6.45, 7) is 4.66. The molecule has 1 N–H and O–H groups in total. The molecule has 1 rings (SSSR count). The van der Waals surface area contributed by atoms with Crippen molar-refractivity contribution >= 4 is 0 Å². The lowest BCUT2D eigenvalue weighted by atomic mass is 10.2. The monoisotopic (exact) mass is 168 g/mol. The molecule has 0 aromatic carbocycles. The minimum absolute atomic E-state index is 0.337. The van der Waals surface area contributed by atoms with E-state index in [-0.39, 0.29) is 11.2 Å². The van der Waals surface area contributed by atoms with Crippen LogP contribution < -0.4 is 11.2 Å². The highest BCUT2D eigenvalue weighted by Gasteiger charge is 1.98. The molecule has 0 atom stereocenters. The lowest BCUT2D eigenvalue weighted by Crippen LogP contribution is -2.29. The molecular weight excluding hydrogens is 156 g/mol. The maximum atomic E-state index is 11.1. The zero-order valence-electron chi connectivity index (χ0n) is 7.20. The standard InChI is InChI=1S/C8H12N2O2/c1-6(2)5-10-4-3-7(11)9-8(10)12/h3-4,6H,5H2,1-2H3,(H,9,11,12). The highest BCUT2D eigenvalue weighted by atomic mass is 16.2. The summed E-state index contributed by atoms with van der Waals surface area (Å²) in [5, 5.41) is 0. The molecule has 0 saturated heterocycles. The average molecular weight is 168 g/mol. The molecular formula is C8H12N2O2. The molecule has 0 saturated carbocycles. The molecule has 0 spiro atoms. The van der Waals surface area contributed by atoms with Crippen LogP contribution in [0.1, 0.15) is 13.8 Å². The van der Waals surface area contributed by atoms with Crippen LogP contribution in [0.15, 0.2) is 21.9 Å². The van der Waals surface area contributed by atoms with Gasteiger partial charge in [-0.1, -0.05) is 13.8 Å². The Labute approximate surface area is 69.9 Å². The van der Waals surface area contributed by atoms with Gasteiger partial charge >= 0.3 is 5.69 Å². The van der Waals surface area contributed by atoms with E-state index in [0.29, 0.717) is 12.5 Å². The first-order chi connectivity index (χ1) is 5.59. The fourth-order valence-electron chi connectivity index (χ4n) is 0.981. The quantitative estimate of drug-likeness (QED) is 0.685. The second kappa shape index (κ2) is 3.38. The molecule has 0 bridgehead atoms. The third-order valence-electron chi connectivity index (χ3n) is 1.46. The molecule has 0 radical (unpaired) electrons. The first-order valence-corrected chi connectivity index (χ1v) is 3.89. The number of nitrogens with one attached hydrogen (secondary N) is 1. The number of hydrogen-bond acceptors (Lipinski definition) is 2. The largest absolute Gasteiger partial charge is 0.328 e. The van der Waals surface area contributed by atoms with Crippen molar-refractivity contribution in [1.82, 2.24) is 9.55 Å². The van der Waals surface area contributed by atoms with E-state index in [2.05, 4.69) is 4.98 Å². The van der Waals surface area contributed by atoms with E-state index >= 15 is 0 Å². The lowest BCUT2D eigenvalue weighted by molar-refractivity contribution is 0.502. The summed E-state index contributed by atoms with van der Waals surface area (Å²) < 4.78 is 1.49. The van der Waals surface area contributed by atoms with Crippen LogP contribution in [0.4, 0.5) is 0 Å². The van der Waals surface area contributed by atoms with Crippen LogP contribution in [-0.4, -0.2) is 9.55 Å². The van der Waals surface area contributed by atoms with Gasteiger partial charge in [-0.3, -0.25) is 9.78 Å². The highest BCUT2D eigenvalue weighted by molar-refractivity contribution is 4.82. The number of rotatable bonds is 2. The first kappa shape index (κ1) is 8.77. The van der Waals surface area contributed by atoms with Crippen molar-refractivity contribution in [3.63, 3.8) is 0 Å². The SMILES string of the molecule is CC(C)Cn1ccc(=O)[nH]c1=O. The van der Waals surface area contributed by atoms with Crippen molar-refractivity contribution in [2.45, 2.75) is 20.4 Å². The fraction of sp³-hybridized carbons (Fsp3) is 0.500. The van der Waals surface area contributed by atoms with Crippen LogP contribution >= 0.6 is 0 Å². The molecule has 4 heteroatoms. The van der Waals surface area contributed by atoms with Gasteiger partial charge in [0, 0.05) is 18.8 Å². The topological polar surface area (TPSA) is 54.9 Å². The van der Waals surface area contributed by atoms with Gasteiger partial charge in [0.05, 0.1) is 0 Å². The van der Waals surface area contributed by atoms with Gasteiger partial charge in [-0.2, -0.15) is 0 Å². The average Bonchev–Trinajstić information content (AvgIpc) is 1.94. The predicted molar refractivity (Wildman–Crippen MR) is 46.2 cm³/mol. The molecule has 12 heavy (non-hydrogen) atoms. The van der Waals surface area contributed by atoms with Gasteiger partial charge in [0.25, 0.3) is 5.56 Å². The third kappa shape index (κ3) is 2.08. The summed E-state index contributed by atoms with van der Waals surface area (Å²) in [7, 11) is 0. The predicted octanol–water partition coefficient (Wildman–Crippen LogP) is 0.193. The normalized spacial score (nSPS) is 10.6. The summed E-state index contributed by atoms with van der Waals surface area (Å²) >= 11 is 0. The van der Waals surface area contributed by atoms with Gasteiger partial charge in [-0.05, 0) is 5.92 Å². The number of hydrogen-bond donors (Lipinski definition) is 1. The summed E-state index contributed by atoms with van der Waals surface area (Å²) in [4.78, 5) is 23.9. The van der Waals surface area contributed by atoms with Crippen LogP contribution in [0, 0.1) is 5.92 Å². The molecule has 4 nitrogen and oxygen atoms in total. The van der Waals surface area contributed by atoms with Crippen LogP contribution in [-0.2, 0) is 6.54 Å². The molecule has 0 fully saturated rings. The van der Waals surface area contributed by atoms with E-state index in [9.17, 15) is 9.59 Å². The Morgan fingerprint density at radius 3 is 2.67 bits per heavy atom. The molecule has 0 aliphatic heterocycles. The van der Waals surface area contributed by atoms with Crippen molar-refractivity contribution in [1.29, 1.82) is 0 Å².